The summed E-state index contributed by atoms with van der Waals surface area (Å²) in [6.07, 6.45) is 2.61. The quantitative estimate of drug-likeness (QED) is 0.885. The Morgan fingerprint density at radius 1 is 1.50 bits per heavy atom. The second-order valence-electron chi connectivity index (χ2n) is 6.89. The predicted molar refractivity (Wildman–Crippen MR) is 82.8 cm³/mol. The number of aryl methyl sites for hydroxylation is 1. The molecule has 1 aromatic heterocycles. The number of hydrogen-bond donors (Lipinski definition) is 2. The van der Waals surface area contributed by atoms with Gasteiger partial charge in [0.2, 0.25) is 5.88 Å². The van der Waals surface area contributed by atoms with E-state index in [1.165, 1.54) is 0 Å². The highest BCUT2D eigenvalue weighted by Crippen LogP contribution is 2.37. The lowest BCUT2D eigenvalue weighted by molar-refractivity contribution is -0.0690. The fourth-order valence-corrected chi connectivity index (χ4v) is 2.98. The predicted octanol–water partition coefficient (Wildman–Crippen LogP) is 1.57. The first kappa shape index (κ1) is 16.6. The maximum atomic E-state index is 12.1. The monoisotopic (exact) mass is 310 g/mol. The molecule has 2 rings (SSSR count). The molecule has 0 aromatic carbocycles. The van der Waals surface area contributed by atoms with Gasteiger partial charge in [0.25, 0.3) is 0 Å². The molecule has 1 unspecified atom stereocenters. The molecule has 0 aliphatic carbocycles. The van der Waals surface area contributed by atoms with Crippen LogP contribution in [0.2, 0.25) is 0 Å². The number of urea groups is 1. The van der Waals surface area contributed by atoms with E-state index in [1.54, 1.807) is 11.8 Å². The van der Waals surface area contributed by atoms with Crippen LogP contribution in [0.3, 0.4) is 0 Å². The molecule has 1 fully saturated rings. The third kappa shape index (κ3) is 3.71. The summed E-state index contributed by atoms with van der Waals surface area (Å²) in [6, 6.07) is -0.247. The van der Waals surface area contributed by atoms with Crippen LogP contribution in [0, 0.1) is 0 Å². The Morgan fingerprint density at radius 3 is 2.73 bits per heavy atom. The zero-order chi connectivity index (χ0) is 16.5. The molecule has 7 heteroatoms. The van der Waals surface area contributed by atoms with E-state index in [4.69, 9.17) is 9.47 Å². The molecule has 2 N–H and O–H groups in total. The van der Waals surface area contributed by atoms with Gasteiger partial charge in [-0.15, -0.1) is 5.10 Å². The highest BCUT2D eigenvalue weighted by atomic mass is 16.5. The van der Waals surface area contributed by atoms with Gasteiger partial charge in [-0.25, -0.2) is 4.79 Å². The lowest BCUT2D eigenvalue weighted by Crippen LogP contribution is -2.49. The van der Waals surface area contributed by atoms with Crippen molar-refractivity contribution in [2.24, 2.45) is 7.05 Å². The fourth-order valence-electron chi connectivity index (χ4n) is 2.98. The zero-order valence-electron chi connectivity index (χ0n) is 14.2. The molecule has 1 aromatic rings. The largest absolute Gasteiger partial charge is 0.480 e. The van der Waals surface area contributed by atoms with Gasteiger partial charge >= 0.3 is 6.03 Å². The van der Waals surface area contributed by atoms with Crippen molar-refractivity contribution in [3.05, 3.63) is 11.8 Å². The second kappa shape index (κ2) is 5.79. The Kier molecular flexibility index (Phi) is 4.37. The SMILES string of the molecule is COc1nn(C)cc1CNC(=O)NC1CC(C)(C)OC1(C)C. The van der Waals surface area contributed by atoms with Gasteiger partial charge in [0, 0.05) is 13.2 Å². The molecule has 22 heavy (non-hydrogen) atoms. The Bertz CT molecular complexity index is 551. The van der Waals surface area contributed by atoms with Crippen molar-refractivity contribution in [2.75, 3.05) is 7.11 Å². The van der Waals surface area contributed by atoms with Crippen molar-refractivity contribution < 1.29 is 14.3 Å². The average Bonchev–Trinajstić information content (AvgIpc) is 2.83. The summed E-state index contributed by atoms with van der Waals surface area (Å²) in [5, 5.41) is 9.99. The van der Waals surface area contributed by atoms with Gasteiger partial charge in [-0.2, -0.15) is 0 Å². The van der Waals surface area contributed by atoms with Crippen LogP contribution in [0.5, 0.6) is 5.88 Å². The molecule has 0 spiro atoms. The van der Waals surface area contributed by atoms with Crippen LogP contribution >= 0.6 is 0 Å². The summed E-state index contributed by atoms with van der Waals surface area (Å²) < 4.78 is 12.8. The van der Waals surface area contributed by atoms with Crippen molar-refractivity contribution in [3.63, 3.8) is 0 Å². The molecule has 7 nitrogen and oxygen atoms in total. The van der Waals surface area contributed by atoms with Gasteiger partial charge in [0.1, 0.15) is 0 Å². The van der Waals surface area contributed by atoms with Crippen molar-refractivity contribution in [1.29, 1.82) is 0 Å². The minimum Gasteiger partial charge on any atom is -0.480 e. The van der Waals surface area contributed by atoms with Crippen molar-refractivity contribution in [2.45, 2.75) is 57.9 Å². The van der Waals surface area contributed by atoms with Crippen LogP contribution in [0.25, 0.3) is 0 Å². The topological polar surface area (TPSA) is 77.4 Å². The Balaban J connectivity index is 1.91. The normalized spacial score (nSPS) is 22.4. The number of carbonyl (C=O) groups excluding carboxylic acids is 1. The number of hydrogen-bond acceptors (Lipinski definition) is 4. The van der Waals surface area contributed by atoms with Crippen LogP contribution in [-0.2, 0) is 18.3 Å². The van der Waals surface area contributed by atoms with E-state index in [0.717, 1.165) is 12.0 Å². The highest BCUT2D eigenvalue weighted by Gasteiger charge is 2.46. The third-order valence-electron chi connectivity index (χ3n) is 3.88. The number of nitrogens with zero attached hydrogens (tertiary/aromatic N) is 2. The van der Waals surface area contributed by atoms with E-state index in [0.29, 0.717) is 12.4 Å². The second-order valence-corrected chi connectivity index (χ2v) is 6.89. The van der Waals surface area contributed by atoms with Crippen molar-refractivity contribution in [3.8, 4) is 5.88 Å². The number of rotatable bonds is 4. The number of carbonyl (C=O) groups is 1. The number of ether oxygens (including phenoxy) is 2. The minimum atomic E-state index is -0.382. The van der Waals surface area contributed by atoms with Crippen molar-refractivity contribution >= 4 is 6.03 Å². The van der Waals surface area contributed by atoms with Crippen LogP contribution in [0.4, 0.5) is 4.79 Å². The smallest absolute Gasteiger partial charge is 0.315 e. The molecule has 2 amide bonds. The number of aromatic nitrogens is 2. The molecule has 0 radical (unpaired) electrons. The lowest BCUT2D eigenvalue weighted by atomic mass is 9.95. The van der Waals surface area contributed by atoms with E-state index >= 15 is 0 Å². The summed E-state index contributed by atoms with van der Waals surface area (Å²) in [5.74, 6) is 0.522. The number of nitrogens with one attached hydrogen (secondary N) is 2. The van der Waals surface area contributed by atoms with E-state index in [9.17, 15) is 4.79 Å². The van der Waals surface area contributed by atoms with Crippen LogP contribution in [0.1, 0.15) is 39.7 Å². The zero-order valence-corrected chi connectivity index (χ0v) is 14.2. The number of methoxy groups -OCH3 is 1. The fraction of sp³-hybridized carbons (Fsp3) is 0.733. The standard InChI is InChI=1S/C15H26N4O3/c1-14(2)7-11(15(3,4)22-14)17-13(20)16-8-10-9-19(5)18-12(10)21-6/h9,11H,7-8H2,1-6H3,(H2,16,17,20). The molecule has 1 atom stereocenters. The van der Waals surface area contributed by atoms with Gasteiger partial charge in [0.15, 0.2) is 0 Å². The molecule has 2 heterocycles. The first-order valence-corrected chi connectivity index (χ1v) is 7.44. The molecule has 124 valence electrons. The van der Waals surface area contributed by atoms with Crippen LogP contribution < -0.4 is 15.4 Å². The summed E-state index contributed by atoms with van der Waals surface area (Å²) in [7, 11) is 3.37. The Hall–Kier alpha value is -1.76. The molecule has 1 aliphatic heterocycles. The van der Waals surface area contributed by atoms with E-state index in [1.807, 2.05) is 40.9 Å². The average molecular weight is 310 g/mol. The Labute approximate surface area is 131 Å². The van der Waals surface area contributed by atoms with Gasteiger partial charge < -0.3 is 20.1 Å². The maximum absolute atomic E-state index is 12.1. The minimum absolute atomic E-state index is 0.0294. The van der Waals surface area contributed by atoms with Gasteiger partial charge in [-0.05, 0) is 34.1 Å². The van der Waals surface area contributed by atoms with Gasteiger partial charge in [0.05, 0.1) is 36.5 Å². The summed E-state index contributed by atoms with van der Waals surface area (Å²) >= 11 is 0. The third-order valence-corrected chi connectivity index (χ3v) is 3.88. The van der Waals surface area contributed by atoms with Crippen molar-refractivity contribution in [1.82, 2.24) is 20.4 Å². The molecular formula is C15H26N4O3. The van der Waals surface area contributed by atoms with Crippen LogP contribution in [-0.4, -0.2) is 40.2 Å². The van der Waals surface area contributed by atoms with Crippen LogP contribution in [0.15, 0.2) is 6.20 Å². The summed E-state index contributed by atoms with van der Waals surface area (Å²) in [4.78, 5) is 12.1. The van der Waals surface area contributed by atoms with E-state index < -0.39 is 0 Å². The first-order chi connectivity index (χ1) is 10.1. The Morgan fingerprint density at radius 2 is 2.18 bits per heavy atom. The van der Waals surface area contributed by atoms with Gasteiger partial charge in [-0.1, -0.05) is 0 Å². The molecule has 0 bridgehead atoms. The molecular weight excluding hydrogens is 284 g/mol. The lowest BCUT2D eigenvalue weighted by Gasteiger charge is -2.27. The molecule has 1 saturated heterocycles. The van der Waals surface area contributed by atoms with E-state index in [2.05, 4.69) is 15.7 Å². The molecule has 1 aliphatic rings. The number of amides is 2. The first-order valence-electron chi connectivity index (χ1n) is 7.44. The molecule has 0 saturated carbocycles. The summed E-state index contributed by atoms with van der Waals surface area (Å²) in [5.41, 5.74) is 0.225. The van der Waals surface area contributed by atoms with Gasteiger partial charge in [-0.3, -0.25) is 4.68 Å². The maximum Gasteiger partial charge on any atom is 0.315 e. The van der Waals surface area contributed by atoms with E-state index in [-0.39, 0.29) is 23.3 Å². The summed E-state index contributed by atoms with van der Waals surface area (Å²) in [6.45, 7) is 8.43. The highest BCUT2D eigenvalue weighted by molar-refractivity contribution is 5.74.